The Morgan fingerprint density at radius 2 is 1.93 bits per heavy atom. The van der Waals surface area contributed by atoms with Gasteiger partial charge < -0.3 is 4.90 Å². The number of rotatable bonds is 7. The second-order valence-corrected chi connectivity index (χ2v) is 8.81. The summed E-state index contributed by atoms with van der Waals surface area (Å²) in [5, 5.41) is 1.36. The molecule has 3 aromatic rings. The Morgan fingerprint density at radius 3 is 2.66 bits per heavy atom. The van der Waals surface area contributed by atoms with Crippen molar-refractivity contribution in [2.75, 3.05) is 32.1 Å². The summed E-state index contributed by atoms with van der Waals surface area (Å²) in [4.78, 5) is 21.8. The van der Waals surface area contributed by atoms with Gasteiger partial charge in [0.2, 0.25) is 0 Å². The van der Waals surface area contributed by atoms with Crippen LogP contribution in [0.5, 0.6) is 0 Å². The number of fused-ring (bicyclic) bond motifs is 1. The molecule has 0 aliphatic carbocycles. The fourth-order valence-corrected chi connectivity index (χ4v) is 4.43. The van der Waals surface area contributed by atoms with Crippen LogP contribution < -0.4 is 4.90 Å². The fourth-order valence-electron chi connectivity index (χ4n) is 3.19. The molecule has 152 valence electrons. The molecule has 0 saturated heterocycles. The highest BCUT2D eigenvalue weighted by Crippen LogP contribution is 2.32. The smallest absolute Gasteiger partial charge is 0.252 e. The van der Waals surface area contributed by atoms with E-state index in [1.165, 1.54) is 11.1 Å². The zero-order valence-corrected chi connectivity index (χ0v) is 18.8. The third kappa shape index (κ3) is 5.44. The van der Waals surface area contributed by atoms with Crippen LogP contribution in [0.4, 0.5) is 5.13 Å². The van der Waals surface area contributed by atoms with Gasteiger partial charge in [-0.2, -0.15) is 0 Å². The van der Waals surface area contributed by atoms with Gasteiger partial charge in [-0.15, -0.1) is 0 Å². The number of carbonyl (C=O) groups excluding carboxylic acids is 1. The number of anilines is 1. The summed E-state index contributed by atoms with van der Waals surface area (Å²) in [5.41, 5.74) is 4.14. The molecule has 3 rings (SSSR count). The van der Waals surface area contributed by atoms with Crippen LogP contribution in [-0.4, -0.2) is 43.0 Å². The average Bonchev–Trinajstić information content (AvgIpc) is 3.08. The van der Waals surface area contributed by atoms with Crippen LogP contribution in [0.2, 0.25) is 5.02 Å². The van der Waals surface area contributed by atoms with Gasteiger partial charge in [0.1, 0.15) is 0 Å². The maximum atomic E-state index is 13.1. The van der Waals surface area contributed by atoms with Crippen molar-refractivity contribution in [2.45, 2.75) is 20.3 Å². The average molecular weight is 428 g/mol. The van der Waals surface area contributed by atoms with Crippen LogP contribution in [0, 0.1) is 13.8 Å². The molecule has 0 saturated carbocycles. The summed E-state index contributed by atoms with van der Waals surface area (Å²) in [6.07, 6.45) is 4.22. The van der Waals surface area contributed by atoms with Crippen LogP contribution in [-0.2, 0) is 4.79 Å². The summed E-state index contributed by atoms with van der Waals surface area (Å²) in [5.74, 6) is -0.0860. The second kappa shape index (κ2) is 9.53. The first-order valence-corrected chi connectivity index (χ1v) is 10.8. The number of aryl methyl sites for hydroxylation is 2. The van der Waals surface area contributed by atoms with Crippen molar-refractivity contribution in [1.29, 1.82) is 0 Å². The van der Waals surface area contributed by atoms with E-state index in [0.717, 1.165) is 33.9 Å². The van der Waals surface area contributed by atoms with Crippen molar-refractivity contribution in [1.82, 2.24) is 9.88 Å². The lowest BCUT2D eigenvalue weighted by molar-refractivity contribution is -0.114. The number of hydrogen-bond donors (Lipinski definition) is 0. The van der Waals surface area contributed by atoms with Crippen molar-refractivity contribution in [3.05, 3.63) is 64.2 Å². The van der Waals surface area contributed by atoms with E-state index in [2.05, 4.69) is 30.9 Å². The molecule has 0 aliphatic heterocycles. The number of hydrogen-bond acceptors (Lipinski definition) is 4. The standard InChI is InChI=1S/C23H26ClN3OS/c1-16-14-17(2)22-20(15-16)25-23(29-22)27(13-7-12-26(3)4)21(28)11-10-18-8-5-6-9-19(18)24/h5-6,8-11,14-15H,7,12-13H2,1-4H3. The van der Waals surface area contributed by atoms with Gasteiger partial charge in [-0.1, -0.05) is 47.2 Å². The summed E-state index contributed by atoms with van der Waals surface area (Å²) in [7, 11) is 4.07. The molecule has 1 aromatic heterocycles. The van der Waals surface area contributed by atoms with E-state index in [9.17, 15) is 4.79 Å². The molecule has 0 atom stereocenters. The highest BCUT2D eigenvalue weighted by Gasteiger charge is 2.18. The van der Waals surface area contributed by atoms with Gasteiger partial charge in [0.15, 0.2) is 5.13 Å². The molecule has 0 spiro atoms. The van der Waals surface area contributed by atoms with Gasteiger partial charge in [-0.25, -0.2) is 4.98 Å². The highest BCUT2D eigenvalue weighted by molar-refractivity contribution is 7.22. The number of amides is 1. The largest absolute Gasteiger partial charge is 0.309 e. The van der Waals surface area contributed by atoms with Gasteiger partial charge in [0.05, 0.1) is 10.2 Å². The predicted molar refractivity (Wildman–Crippen MR) is 125 cm³/mol. The number of carbonyl (C=O) groups is 1. The Labute approximate surface area is 181 Å². The summed E-state index contributed by atoms with van der Waals surface area (Å²) in [6, 6.07) is 11.7. The molecule has 1 heterocycles. The maximum Gasteiger partial charge on any atom is 0.252 e. The van der Waals surface area contributed by atoms with Gasteiger partial charge in [-0.3, -0.25) is 9.69 Å². The van der Waals surface area contributed by atoms with E-state index in [4.69, 9.17) is 16.6 Å². The lowest BCUT2D eigenvalue weighted by atomic mass is 10.1. The quantitative estimate of drug-likeness (QED) is 0.463. The second-order valence-electron chi connectivity index (χ2n) is 7.43. The lowest BCUT2D eigenvalue weighted by Crippen LogP contribution is -2.32. The van der Waals surface area contributed by atoms with E-state index < -0.39 is 0 Å². The van der Waals surface area contributed by atoms with Crippen LogP contribution in [0.3, 0.4) is 0 Å². The zero-order chi connectivity index (χ0) is 21.0. The van der Waals surface area contributed by atoms with Gasteiger partial charge in [0, 0.05) is 17.6 Å². The molecule has 0 bridgehead atoms. The van der Waals surface area contributed by atoms with Crippen LogP contribution >= 0.6 is 22.9 Å². The number of halogens is 1. The van der Waals surface area contributed by atoms with Gasteiger partial charge >= 0.3 is 0 Å². The monoisotopic (exact) mass is 427 g/mol. The molecule has 0 unspecified atom stereocenters. The van der Waals surface area contributed by atoms with Gasteiger partial charge in [0.25, 0.3) is 5.91 Å². The molecule has 2 aromatic carbocycles. The van der Waals surface area contributed by atoms with Crippen LogP contribution in [0.1, 0.15) is 23.1 Å². The maximum absolute atomic E-state index is 13.1. The Kier molecular flexibility index (Phi) is 7.06. The molecule has 29 heavy (non-hydrogen) atoms. The Balaban J connectivity index is 1.90. The van der Waals surface area contributed by atoms with Crippen LogP contribution in [0.15, 0.2) is 42.5 Å². The Hall–Kier alpha value is -2.21. The number of thiazole rings is 1. The first kappa shape index (κ1) is 21.5. The third-order valence-electron chi connectivity index (χ3n) is 4.60. The molecular weight excluding hydrogens is 402 g/mol. The van der Waals surface area contributed by atoms with Crippen LogP contribution in [0.25, 0.3) is 16.3 Å². The summed E-state index contributed by atoms with van der Waals surface area (Å²) >= 11 is 7.79. The van der Waals surface area contributed by atoms with E-state index in [-0.39, 0.29) is 5.91 Å². The topological polar surface area (TPSA) is 36.4 Å². The van der Waals surface area contributed by atoms with Crippen molar-refractivity contribution in [3.63, 3.8) is 0 Å². The van der Waals surface area contributed by atoms with E-state index in [0.29, 0.717) is 11.6 Å². The fraction of sp³-hybridized carbons (Fsp3) is 0.304. The molecular formula is C23H26ClN3OS. The highest BCUT2D eigenvalue weighted by atomic mass is 35.5. The zero-order valence-electron chi connectivity index (χ0n) is 17.3. The van der Waals surface area contributed by atoms with Crippen molar-refractivity contribution >= 4 is 50.3 Å². The van der Waals surface area contributed by atoms with Gasteiger partial charge in [-0.05, 0) is 75.8 Å². The number of aromatic nitrogens is 1. The first-order valence-electron chi connectivity index (χ1n) is 9.62. The lowest BCUT2D eigenvalue weighted by Gasteiger charge is -2.19. The molecule has 0 aliphatic rings. The van der Waals surface area contributed by atoms with E-state index in [1.807, 2.05) is 38.4 Å². The number of nitrogens with zero attached hydrogens (tertiary/aromatic N) is 3. The minimum absolute atomic E-state index is 0.0860. The minimum Gasteiger partial charge on any atom is -0.309 e. The Morgan fingerprint density at radius 1 is 1.17 bits per heavy atom. The molecule has 0 N–H and O–H groups in total. The molecule has 4 nitrogen and oxygen atoms in total. The molecule has 6 heteroatoms. The summed E-state index contributed by atoms with van der Waals surface area (Å²) < 4.78 is 1.13. The Bertz CT molecular complexity index is 1040. The molecule has 0 fully saturated rings. The first-order chi connectivity index (χ1) is 13.8. The normalized spacial score (nSPS) is 11.7. The SMILES string of the molecule is Cc1cc(C)c2sc(N(CCCN(C)C)C(=O)C=Cc3ccccc3Cl)nc2c1. The van der Waals surface area contributed by atoms with E-state index >= 15 is 0 Å². The minimum atomic E-state index is -0.0860. The third-order valence-corrected chi connectivity index (χ3v) is 6.18. The van der Waals surface area contributed by atoms with Crippen molar-refractivity contribution in [2.24, 2.45) is 0 Å². The van der Waals surface area contributed by atoms with Crippen molar-refractivity contribution in [3.8, 4) is 0 Å². The van der Waals surface area contributed by atoms with E-state index in [1.54, 1.807) is 28.4 Å². The predicted octanol–water partition coefficient (Wildman–Crippen LogP) is 5.56. The molecule has 1 amide bonds. The number of benzene rings is 2. The molecule has 0 radical (unpaired) electrons. The summed E-state index contributed by atoms with van der Waals surface area (Å²) in [6.45, 7) is 5.67. The van der Waals surface area contributed by atoms with Crippen molar-refractivity contribution < 1.29 is 4.79 Å².